The van der Waals surface area contributed by atoms with Gasteiger partial charge in [-0.3, -0.25) is 19.2 Å². The predicted octanol–water partition coefficient (Wildman–Crippen LogP) is 4.76. The van der Waals surface area contributed by atoms with Crippen molar-refractivity contribution in [2.45, 2.75) is 70.7 Å². The van der Waals surface area contributed by atoms with Crippen molar-refractivity contribution < 1.29 is 4.74 Å². The number of imidazole rings is 1. The third kappa shape index (κ3) is 4.42. The van der Waals surface area contributed by atoms with Crippen molar-refractivity contribution in [3.05, 3.63) is 59.2 Å². The summed E-state index contributed by atoms with van der Waals surface area (Å²) in [5.41, 5.74) is 5.89. The fraction of sp³-hybridized carbons (Fsp3) is 0.586. The van der Waals surface area contributed by atoms with Crippen molar-refractivity contribution in [1.82, 2.24) is 24.2 Å². The first-order chi connectivity index (χ1) is 17.7. The lowest BCUT2D eigenvalue weighted by atomic mass is 9.90. The summed E-state index contributed by atoms with van der Waals surface area (Å²) in [6.45, 7) is 9.99. The largest absolute Gasteiger partial charge is 0.375 e. The second-order valence-corrected chi connectivity index (χ2v) is 10.7. The summed E-state index contributed by atoms with van der Waals surface area (Å²) >= 11 is 0. The van der Waals surface area contributed by atoms with Gasteiger partial charge in [-0.2, -0.15) is 0 Å². The maximum absolute atomic E-state index is 6.06. The van der Waals surface area contributed by atoms with Gasteiger partial charge in [0.15, 0.2) is 0 Å². The number of ether oxygens (including phenoxy) is 1. The summed E-state index contributed by atoms with van der Waals surface area (Å²) in [5, 5.41) is 0. The SMILES string of the molecule is CCOCc1c(C2CCCC(c3ncccc3C)N2C)nc2cccc(N3CCN(C4CC4)CC3)n12. The van der Waals surface area contributed by atoms with Crippen LogP contribution in [0.15, 0.2) is 36.5 Å². The van der Waals surface area contributed by atoms with Gasteiger partial charge in [-0.1, -0.05) is 12.1 Å². The molecule has 7 nitrogen and oxygen atoms in total. The van der Waals surface area contributed by atoms with Gasteiger partial charge in [-0.25, -0.2) is 4.98 Å². The molecule has 2 unspecified atom stereocenters. The summed E-state index contributed by atoms with van der Waals surface area (Å²) in [5.74, 6) is 1.26. The molecule has 3 aliphatic rings. The van der Waals surface area contributed by atoms with Gasteiger partial charge in [0.05, 0.1) is 35.8 Å². The van der Waals surface area contributed by atoms with Gasteiger partial charge in [0.1, 0.15) is 11.5 Å². The number of pyridine rings is 2. The minimum absolute atomic E-state index is 0.250. The zero-order valence-electron chi connectivity index (χ0n) is 22.1. The van der Waals surface area contributed by atoms with Crippen molar-refractivity contribution >= 4 is 11.5 Å². The summed E-state index contributed by atoms with van der Waals surface area (Å²) in [4.78, 5) is 17.8. The van der Waals surface area contributed by atoms with Crippen molar-refractivity contribution in [3.8, 4) is 0 Å². The van der Waals surface area contributed by atoms with E-state index in [2.05, 4.69) is 64.3 Å². The van der Waals surface area contributed by atoms with Gasteiger partial charge in [0, 0.05) is 45.0 Å². The van der Waals surface area contributed by atoms with Gasteiger partial charge < -0.3 is 9.64 Å². The minimum Gasteiger partial charge on any atom is -0.375 e. The van der Waals surface area contributed by atoms with E-state index in [4.69, 9.17) is 14.7 Å². The normalized spacial score (nSPS) is 24.0. The molecule has 1 saturated carbocycles. The number of hydrogen-bond acceptors (Lipinski definition) is 6. The Bertz CT molecular complexity index is 1200. The molecule has 3 fully saturated rings. The first-order valence-electron chi connectivity index (χ1n) is 13.9. The quantitative estimate of drug-likeness (QED) is 0.478. The molecule has 0 amide bonds. The van der Waals surface area contributed by atoms with Crippen LogP contribution in [0.5, 0.6) is 0 Å². The number of hydrogen-bond donors (Lipinski definition) is 0. The van der Waals surface area contributed by atoms with E-state index < -0.39 is 0 Å². The number of aromatic nitrogens is 3. The standard InChI is InChI=1S/C29H40N6O/c1-4-36-20-25-29(24-10-5-9-23(32(24)3)28-21(2)8-7-15-30-28)31-26-11-6-12-27(35(25)26)34-18-16-33(17-19-34)22-13-14-22/h6-8,11-12,15,22-24H,4-5,9-10,13-14,16-20H2,1-3H3. The van der Waals surface area contributed by atoms with Gasteiger partial charge in [0.25, 0.3) is 0 Å². The van der Waals surface area contributed by atoms with Gasteiger partial charge in [0.2, 0.25) is 0 Å². The molecular formula is C29H40N6O. The average molecular weight is 489 g/mol. The van der Waals surface area contributed by atoms with Crippen LogP contribution in [0.1, 0.15) is 73.8 Å². The predicted molar refractivity (Wildman–Crippen MR) is 143 cm³/mol. The Balaban J connectivity index is 1.36. The Morgan fingerprint density at radius 3 is 2.44 bits per heavy atom. The Morgan fingerprint density at radius 1 is 0.944 bits per heavy atom. The van der Waals surface area contributed by atoms with Gasteiger partial charge >= 0.3 is 0 Å². The van der Waals surface area contributed by atoms with Crippen LogP contribution in [-0.2, 0) is 11.3 Å². The number of aryl methyl sites for hydroxylation is 1. The minimum atomic E-state index is 0.250. The molecule has 1 aliphatic carbocycles. The van der Waals surface area contributed by atoms with E-state index in [1.807, 2.05) is 12.3 Å². The number of anilines is 1. The van der Waals surface area contributed by atoms with E-state index >= 15 is 0 Å². The van der Waals surface area contributed by atoms with Crippen LogP contribution < -0.4 is 4.90 Å². The molecule has 0 aromatic carbocycles. The van der Waals surface area contributed by atoms with Crippen molar-refractivity contribution in [3.63, 3.8) is 0 Å². The molecule has 0 bridgehead atoms. The molecule has 3 aromatic rings. The molecular weight excluding hydrogens is 448 g/mol. The Kier molecular flexibility index (Phi) is 6.71. The Morgan fingerprint density at radius 2 is 1.72 bits per heavy atom. The Labute approximate surface area is 215 Å². The number of piperazine rings is 1. The molecule has 0 spiro atoms. The average Bonchev–Trinajstić information content (AvgIpc) is 3.69. The van der Waals surface area contributed by atoms with Crippen LogP contribution in [0, 0.1) is 6.92 Å². The number of rotatable bonds is 7. The van der Waals surface area contributed by atoms with Gasteiger partial charge in [-0.15, -0.1) is 0 Å². The molecule has 3 aromatic heterocycles. The molecule has 2 saturated heterocycles. The van der Waals surface area contributed by atoms with Crippen molar-refractivity contribution in [2.24, 2.45) is 0 Å². The third-order valence-corrected chi connectivity index (χ3v) is 8.51. The van der Waals surface area contributed by atoms with Crippen LogP contribution in [0.4, 0.5) is 5.82 Å². The molecule has 36 heavy (non-hydrogen) atoms. The van der Waals surface area contributed by atoms with E-state index in [-0.39, 0.29) is 6.04 Å². The topological polar surface area (TPSA) is 49.1 Å². The highest BCUT2D eigenvalue weighted by Gasteiger charge is 2.36. The highest BCUT2D eigenvalue weighted by Crippen LogP contribution is 2.42. The van der Waals surface area contributed by atoms with Gasteiger partial charge in [-0.05, 0) is 76.8 Å². The lowest BCUT2D eigenvalue weighted by Gasteiger charge is -2.39. The fourth-order valence-electron chi connectivity index (χ4n) is 6.39. The maximum atomic E-state index is 6.06. The van der Waals surface area contributed by atoms with Crippen LogP contribution in [0.25, 0.3) is 5.65 Å². The lowest BCUT2D eigenvalue weighted by molar-refractivity contribution is 0.101. The van der Waals surface area contributed by atoms with E-state index in [0.717, 1.165) is 50.7 Å². The van der Waals surface area contributed by atoms with E-state index in [1.165, 1.54) is 47.7 Å². The van der Waals surface area contributed by atoms with E-state index in [9.17, 15) is 0 Å². The lowest BCUT2D eigenvalue weighted by Crippen LogP contribution is -2.47. The van der Waals surface area contributed by atoms with E-state index in [0.29, 0.717) is 19.3 Å². The maximum Gasteiger partial charge on any atom is 0.138 e. The second kappa shape index (κ2) is 10.1. The summed E-state index contributed by atoms with van der Waals surface area (Å²) in [6.07, 6.45) is 8.11. The first-order valence-corrected chi connectivity index (χ1v) is 13.9. The highest BCUT2D eigenvalue weighted by atomic mass is 16.5. The monoisotopic (exact) mass is 488 g/mol. The molecule has 2 atom stereocenters. The molecule has 7 heteroatoms. The zero-order chi connectivity index (χ0) is 24.6. The third-order valence-electron chi connectivity index (χ3n) is 8.51. The molecule has 5 heterocycles. The summed E-state index contributed by atoms with van der Waals surface area (Å²) in [6, 6.07) is 12.2. The number of fused-ring (bicyclic) bond motifs is 1. The number of nitrogens with zero attached hydrogens (tertiary/aromatic N) is 6. The zero-order valence-corrected chi connectivity index (χ0v) is 22.1. The Hall–Kier alpha value is -2.48. The number of piperidine rings is 1. The fourth-order valence-corrected chi connectivity index (χ4v) is 6.39. The molecule has 0 radical (unpaired) electrons. The van der Waals surface area contributed by atoms with E-state index in [1.54, 1.807) is 0 Å². The number of likely N-dealkylation sites (tertiary alicyclic amines) is 1. The summed E-state index contributed by atoms with van der Waals surface area (Å²) < 4.78 is 8.45. The van der Waals surface area contributed by atoms with Crippen molar-refractivity contribution in [1.29, 1.82) is 0 Å². The molecule has 2 aliphatic heterocycles. The molecule has 6 rings (SSSR count). The second-order valence-electron chi connectivity index (χ2n) is 10.7. The van der Waals surface area contributed by atoms with Crippen LogP contribution >= 0.6 is 0 Å². The highest BCUT2D eigenvalue weighted by molar-refractivity contribution is 5.55. The smallest absolute Gasteiger partial charge is 0.138 e. The van der Waals surface area contributed by atoms with Crippen molar-refractivity contribution in [2.75, 3.05) is 44.7 Å². The van der Waals surface area contributed by atoms with Crippen LogP contribution in [-0.4, -0.2) is 70.0 Å². The molecule has 0 N–H and O–H groups in total. The first kappa shape index (κ1) is 23.9. The van der Waals surface area contributed by atoms with Crippen LogP contribution in [0.3, 0.4) is 0 Å². The summed E-state index contributed by atoms with van der Waals surface area (Å²) in [7, 11) is 2.26. The van der Waals surface area contributed by atoms with Crippen LogP contribution in [0.2, 0.25) is 0 Å². The molecule has 192 valence electrons.